The standard InChI is InChI=1S/C18H24N4O4S/c1-6-21-15-13(14(23)22(17(21)25)11-7-8-11)10(2)12(27-15)9-19-20-16(24)26-18(3,4)5/h9,11H,6-8H2,1-5H3,(H,20,24). The molecule has 0 saturated heterocycles. The second-order valence-corrected chi connectivity index (χ2v) is 8.61. The topological polar surface area (TPSA) is 94.7 Å². The second kappa shape index (κ2) is 6.95. The molecule has 1 aliphatic rings. The number of aromatic nitrogens is 2. The summed E-state index contributed by atoms with van der Waals surface area (Å²) in [6.07, 6.45) is 2.55. The molecule has 0 radical (unpaired) electrons. The van der Waals surface area contributed by atoms with Gasteiger partial charge in [-0.25, -0.2) is 15.0 Å². The number of ether oxygens (including phenoxy) is 1. The number of nitrogens with one attached hydrogen (secondary N) is 1. The van der Waals surface area contributed by atoms with Gasteiger partial charge >= 0.3 is 11.8 Å². The molecule has 27 heavy (non-hydrogen) atoms. The molecule has 146 valence electrons. The summed E-state index contributed by atoms with van der Waals surface area (Å²) in [5.74, 6) is 0. The molecule has 0 atom stereocenters. The van der Waals surface area contributed by atoms with Crippen molar-refractivity contribution in [3.8, 4) is 0 Å². The Balaban J connectivity index is 1.99. The first kappa shape index (κ1) is 19.3. The second-order valence-electron chi connectivity index (χ2n) is 7.58. The van der Waals surface area contributed by atoms with Crippen LogP contribution in [0.5, 0.6) is 0 Å². The lowest BCUT2D eigenvalue weighted by Gasteiger charge is -2.18. The molecule has 8 nitrogen and oxygen atoms in total. The Labute approximate surface area is 160 Å². The lowest BCUT2D eigenvalue weighted by molar-refractivity contribution is 0.0529. The lowest BCUT2D eigenvalue weighted by Crippen LogP contribution is -2.39. The fourth-order valence-electron chi connectivity index (χ4n) is 2.88. The maximum absolute atomic E-state index is 12.9. The number of fused-ring (bicyclic) bond motifs is 1. The van der Waals surface area contributed by atoms with E-state index < -0.39 is 11.7 Å². The van der Waals surface area contributed by atoms with Gasteiger partial charge in [-0.1, -0.05) is 0 Å². The zero-order valence-electron chi connectivity index (χ0n) is 16.2. The molecule has 0 aliphatic heterocycles. The summed E-state index contributed by atoms with van der Waals surface area (Å²) in [7, 11) is 0. The Morgan fingerprint density at radius 1 is 1.37 bits per heavy atom. The van der Waals surface area contributed by atoms with Crippen molar-refractivity contribution in [2.45, 2.75) is 65.6 Å². The molecule has 0 spiro atoms. The van der Waals surface area contributed by atoms with Crippen LogP contribution in [-0.2, 0) is 11.3 Å². The molecule has 1 N–H and O–H groups in total. The third-order valence-electron chi connectivity index (χ3n) is 4.24. The van der Waals surface area contributed by atoms with Gasteiger partial charge in [0, 0.05) is 12.6 Å². The molecule has 3 rings (SSSR count). The van der Waals surface area contributed by atoms with E-state index in [9.17, 15) is 14.4 Å². The van der Waals surface area contributed by atoms with Gasteiger partial charge in [-0.15, -0.1) is 11.3 Å². The van der Waals surface area contributed by atoms with E-state index in [0.29, 0.717) is 21.6 Å². The van der Waals surface area contributed by atoms with Gasteiger partial charge in [-0.3, -0.25) is 13.9 Å². The summed E-state index contributed by atoms with van der Waals surface area (Å²) in [6, 6.07) is 0.0115. The van der Waals surface area contributed by atoms with E-state index in [-0.39, 0.29) is 17.3 Å². The molecule has 1 saturated carbocycles. The lowest BCUT2D eigenvalue weighted by atomic mass is 10.2. The minimum Gasteiger partial charge on any atom is -0.443 e. The van der Waals surface area contributed by atoms with E-state index in [1.807, 2.05) is 13.8 Å². The normalized spacial score (nSPS) is 14.9. The number of rotatable bonds is 4. The number of carbonyl (C=O) groups is 1. The number of hydrazone groups is 1. The molecule has 9 heteroatoms. The maximum Gasteiger partial charge on any atom is 0.428 e. The minimum absolute atomic E-state index is 0.0115. The highest BCUT2D eigenvalue weighted by atomic mass is 32.1. The summed E-state index contributed by atoms with van der Waals surface area (Å²) in [5, 5.41) is 4.47. The number of hydrogen-bond donors (Lipinski definition) is 1. The van der Waals surface area contributed by atoms with Gasteiger partial charge in [0.25, 0.3) is 5.56 Å². The average molecular weight is 392 g/mol. The first-order chi connectivity index (χ1) is 12.6. The van der Waals surface area contributed by atoms with Crippen LogP contribution in [0, 0.1) is 6.92 Å². The quantitative estimate of drug-likeness (QED) is 0.639. The fourth-order valence-corrected chi connectivity index (χ4v) is 4.11. The molecule has 0 aromatic carbocycles. The van der Waals surface area contributed by atoms with E-state index in [0.717, 1.165) is 18.4 Å². The number of hydrogen-bond acceptors (Lipinski definition) is 6. The van der Waals surface area contributed by atoms with Crippen LogP contribution in [0.25, 0.3) is 10.2 Å². The molecule has 0 bridgehead atoms. The summed E-state index contributed by atoms with van der Waals surface area (Å²) >= 11 is 1.32. The van der Waals surface area contributed by atoms with Gasteiger partial charge in [0.05, 0.1) is 16.5 Å². The molecular weight excluding hydrogens is 368 g/mol. The predicted octanol–water partition coefficient (Wildman–Crippen LogP) is 2.75. The average Bonchev–Trinajstić information content (AvgIpc) is 3.31. The predicted molar refractivity (Wildman–Crippen MR) is 106 cm³/mol. The Hall–Kier alpha value is -2.42. The van der Waals surface area contributed by atoms with Gasteiger partial charge in [-0.05, 0) is 53.0 Å². The van der Waals surface area contributed by atoms with Gasteiger partial charge in [0.15, 0.2) is 0 Å². The Bertz CT molecular complexity index is 1030. The Morgan fingerprint density at radius 2 is 2.04 bits per heavy atom. The summed E-state index contributed by atoms with van der Waals surface area (Å²) < 4.78 is 8.14. The van der Waals surface area contributed by atoms with Crippen molar-refractivity contribution in [3.63, 3.8) is 0 Å². The van der Waals surface area contributed by atoms with E-state index >= 15 is 0 Å². The zero-order chi connectivity index (χ0) is 19.9. The minimum atomic E-state index is -0.654. The molecule has 2 aromatic heterocycles. The molecule has 2 aromatic rings. The summed E-state index contributed by atoms with van der Waals surface area (Å²) in [5.41, 5.74) is 1.96. The number of aryl methyl sites for hydroxylation is 2. The molecule has 1 fully saturated rings. The first-order valence-electron chi connectivity index (χ1n) is 8.94. The van der Waals surface area contributed by atoms with Crippen LogP contribution >= 0.6 is 11.3 Å². The summed E-state index contributed by atoms with van der Waals surface area (Å²) in [6.45, 7) is 9.49. The first-order valence-corrected chi connectivity index (χ1v) is 9.76. The van der Waals surface area contributed by atoms with Crippen LogP contribution in [0.1, 0.15) is 57.0 Å². The molecule has 0 unspecified atom stereocenters. The van der Waals surface area contributed by atoms with E-state index in [1.165, 1.54) is 22.1 Å². The largest absolute Gasteiger partial charge is 0.443 e. The van der Waals surface area contributed by atoms with E-state index in [4.69, 9.17) is 4.74 Å². The van der Waals surface area contributed by atoms with E-state index in [1.54, 1.807) is 25.3 Å². The molecular formula is C18H24N4O4S. The Kier molecular flexibility index (Phi) is 4.98. The number of carbonyl (C=O) groups excluding carboxylic acids is 1. The highest BCUT2D eigenvalue weighted by molar-refractivity contribution is 7.20. The van der Waals surface area contributed by atoms with Gasteiger partial charge in [0.1, 0.15) is 10.4 Å². The van der Waals surface area contributed by atoms with Crippen molar-refractivity contribution in [2.75, 3.05) is 0 Å². The number of thiophene rings is 1. The highest BCUT2D eigenvalue weighted by Gasteiger charge is 2.30. The SMILES string of the molecule is CCn1c(=O)n(C2CC2)c(=O)c2c(C)c(C=NNC(=O)OC(C)(C)C)sc21. The van der Waals surface area contributed by atoms with Crippen LogP contribution in [0.2, 0.25) is 0 Å². The number of amides is 1. The van der Waals surface area contributed by atoms with Gasteiger partial charge in [-0.2, -0.15) is 5.10 Å². The van der Waals surface area contributed by atoms with Crippen LogP contribution in [-0.4, -0.2) is 27.0 Å². The number of nitrogens with zero attached hydrogens (tertiary/aromatic N) is 3. The zero-order valence-corrected chi connectivity index (χ0v) is 17.0. The fraction of sp³-hybridized carbons (Fsp3) is 0.556. The molecule has 2 heterocycles. The van der Waals surface area contributed by atoms with Crippen LogP contribution in [0.3, 0.4) is 0 Å². The van der Waals surface area contributed by atoms with Gasteiger partial charge in [0.2, 0.25) is 0 Å². The molecule has 1 aliphatic carbocycles. The maximum atomic E-state index is 12.9. The third-order valence-corrected chi connectivity index (χ3v) is 5.49. The van der Waals surface area contributed by atoms with Crippen molar-refractivity contribution < 1.29 is 9.53 Å². The summed E-state index contributed by atoms with van der Waals surface area (Å²) in [4.78, 5) is 38.6. The molecule has 1 amide bonds. The van der Waals surface area contributed by atoms with Crippen molar-refractivity contribution >= 4 is 33.9 Å². The third kappa shape index (κ3) is 3.83. The van der Waals surface area contributed by atoms with Crippen LogP contribution < -0.4 is 16.7 Å². The van der Waals surface area contributed by atoms with Crippen LogP contribution in [0.15, 0.2) is 14.7 Å². The van der Waals surface area contributed by atoms with E-state index in [2.05, 4.69) is 10.5 Å². The van der Waals surface area contributed by atoms with Crippen molar-refractivity contribution in [2.24, 2.45) is 5.10 Å². The highest BCUT2D eigenvalue weighted by Crippen LogP contribution is 2.34. The smallest absolute Gasteiger partial charge is 0.428 e. The van der Waals surface area contributed by atoms with Crippen molar-refractivity contribution in [1.29, 1.82) is 0 Å². The van der Waals surface area contributed by atoms with Crippen molar-refractivity contribution in [3.05, 3.63) is 31.3 Å². The van der Waals surface area contributed by atoms with Crippen molar-refractivity contribution in [1.82, 2.24) is 14.6 Å². The van der Waals surface area contributed by atoms with Gasteiger partial charge < -0.3 is 4.74 Å². The monoisotopic (exact) mass is 392 g/mol. The Morgan fingerprint density at radius 3 is 2.59 bits per heavy atom. The van der Waals surface area contributed by atoms with Crippen LogP contribution in [0.4, 0.5) is 4.79 Å².